The maximum absolute atomic E-state index is 5.87. The maximum atomic E-state index is 5.87. The first-order valence-corrected chi connectivity index (χ1v) is 9.91. The molecule has 1 aliphatic rings. The van der Waals surface area contributed by atoms with Gasteiger partial charge in [-0.15, -0.1) is 0 Å². The quantitative estimate of drug-likeness (QED) is 0.699. The summed E-state index contributed by atoms with van der Waals surface area (Å²) in [5.41, 5.74) is 4.07. The van der Waals surface area contributed by atoms with Gasteiger partial charge in [-0.25, -0.2) is 0 Å². The summed E-state index contributed by atoms with van der Waals surface area (Å²) in [4.78, 5) is 0. The molecule has 16 heavy (non-hydrogen) atoms. The largest absolute Gasteiger partial charge is 0.356 e. The van der Waals surface area contributed by atoms with Crippen molar-refractivity contribution in [1.82, 2.24) is 0 Å². The molecular formula is C13H26O2Si. The fourth-order valence-electron chi connectivity index (χ4n) is 2.26. The van der Waals surface area contributed by atoms with Gasteiger partial charge >= 0.3 is 0 Å². The molecule has 2 nitrogen and oxygen atoms in total. The number of hydrogen-bond donors (Lipinski definition) is 0. The molecule has 94 valence electrons. The van der Waals surface area contributed by atoms with E-state index in [0.717, 1.165) is 19.3 Å². The molecule has 0 radical (unpaired) electrons. The molecule has 0 amide bonds. The van der Waals surface area contributed by atoms with Gasteiger partial charge in [0.15, 0.2) is 6.29 Å². The summed E-state index contributed by atoms with van der Waals surface area (Å²) in [7, 11) is 0.629. The third-order valence-corrected chi connectivity index (χ3v) is 4.05. The minimum atomic E-state index is -1.11. The Balaban J connectivity index is 2.67. The zero-order valence-electron chi connectivity index (χ0n) is 11.4. The lowest BCUT2D eigenvalue weighted by Gasteiger charge is -2.32. The van der Waals surface area contributed by atoms with Crippen LogP contribution < -0.4 is 0 Å². The molecule has 0 N–H and O–H groups in total. The molecule has 0 unspecified atom stereocenters. The Bertz CT molecular complexity index is 243. The zero-order valence-corrected chi connectivity index (χ0v) is 12.4. The van der Waals surface area contributed by atoms with E-state index in [1.165, 1.54) is 6.42 Å². The van der Waals surface area contributed by atoms with Crippen LogP contribution in [0, 0.1) is 0 Å². The van der Waals surface area contributed by atoms with Gasteiger partial charge in [-0.1, -0.05) is 44.3 Å². The van der Waals surface area contributed by atoms with Crippen LogP contribution in [0.3, 0.4) is 0 Å². The number of ether oxygens (including phenoxy) is 2. The lowest BCUT2D eigenvalue weighted by molar-refractivity contribution is -0.168. The highest BCUT2D eigenvalue weighted by Crippen LogP contribution is 2.28. The molecule has 1 rings (SSSR count). The SMILES string of the molecule is CCC[C@@H]1C/C(=C/[Si](C)(C)C)C[C@H](OC)O1. The first-order valence-electron chi connectivity index (χ1n) is 6.33. The number of rotatable bonds is 4. The van der Waals surface area contributed by atoms with Crippen molar-refractivity contribution in [3.63, 3.8) is 0 Å². The van der Waals surface area contributed by atoms with Crippen LogP contribution in [0.4, 0.5) is 0 Å². The van der Waals surface area contributed by atoms with Gasteiger partial charge in [0.25, 0.3) is 0 Å². The van der Waals surface area contributed by atoms with Gasteiger partial charge in [0, 0.05) is 13.5 Å². The van der Waals surface area contributed by atoms with E-state index in [0.29, 0.717) is 6.10 Å². The smallest absolute Gasteiger partial charge is 0.161 e. The van der Waals surface area contributed by atoms with Crippen molar-refractivity contribution < 1.29 is 9.47 Å². The first kappa shape index (κ1) is 13.9. The lowest BCUT2D eigenvalue weighted by Crippen LogP contribution is -2.31. The highest BCUT2D eigenvalue weighted by Gasteiger charge is 2.26. The van der Waals surface area contributed by atoms with Crippen molar-refractivity contribution in [2.24, 2.45) is 0 Å². The predicted molar refractivity (Wildman–Crippen MR) is 71.2 cm³/mol. The van der Waals surface area contributed by atoms with Crippen LogP contribution in [0.15, 0.2) is 11.3 Å². The number of hydrogen-bond acceptors (Lipinski definition) is 2. The van der Waals surface area contributed by atoms with E-state index in [1.54, 1.807) is 12.7 Å². The van der Waals surface area contributed by atoms with E-state index in [2.05, 4.69) is 32.3 Å². The summed E-state index contributed by atoms with van der Waals surface area (Å²) in [5, 5.41) is 0. The van der Waals surface area contributed by atoms with Gasteiger partial charge < -0.3 is 9.47 Å². The summed E-state index contributed by atoms with van der Waals surface area (Å²) in [6.45, 7) is 9.35. The summed E-state index contributed by atoms with van der Waals surface area (Å²) < 4.78 is 11.2. The third kappa shape index (κ3) is 4.81. The minimum Gasteiger partial charge on any atom is -0.356 e. The van der Waals surface area contributed by atoms with Crippen LogP contribution in [0.2, 0.25) is 19.6 Å². The zero-order chi connectivity index (χ0) is 12.2. The highest BCUT2D eigenvalue weighted by atomic mass is 28.3. The maximum Gasteiger partial charge on any atom is 0.161 e. The van der Waals surface area contributed by atoms with Gasteiger partial charge in [-0.05, 0) is 12.8 Å². The van der Waals surface area contributed by atoms with E-state index in [4.69, 9.17) is 9.47 Å². The van der Waals surface area contributed by atoms with E-state index in [9.17, 15) is 0 Å². The molecule has 2 atom stereocenters. The fourth-order valence-corrected chi connectivity index (χ4v) is 3.72. The molecule has 0 aromatic rings. The van der Waals surface area contributed by atoms with Crippen LogP contribution in [0.25, 0.3) is 0 Å². The van der Waals surface area contributed by atoms with Crippen molar-refractivity contribution in [1.29, 1.82) is 0 Å². The Labute approximate surface area is 101 Å². The topological polar surface area (TPSA) is 18.5 Å². The van der Waals surface area contributed by atoms with E-state index in [-0.39, 0.29) is 6.29 Å². The summed E-state index contributed by atoms with van der Waals surface area (Å²) >= 11 is 0. The molecule has 1 saturated heterocycles. The predicted octanol–water partition coefficient (Wildman–Crippen LogP) is 3.74. The van der Waals surface area contributed by atoms with Crippen LogP contribution in [-0.4, -0.2) is 27.6 Å². The van der Waals surface area contributed by atoms with Crippen molar-refractivity contribution in [3.8, 4) is 0 Å². The molecular weight excluding hydrogens is 216 g/mol. The second-order valence-electron chi connectivity index (χ2n) is 5.79. The van der Waals surface area contributed by atoms with E-state index in [1.807, 2.05) is 0 Å². The van der Waals surface area contributed by atoms with E-state index < -0.39 is 8.07 Å². The molecule has 0 aliphatic carbocycles. The molecule has 0 spiro atoms. The minimum absolute atomic E-state index is 0.0205. The monoisotopic (exact) mass is 242 g/mol. The molecule has 1 heterocycles. The molecule has 0 saturated carbocycles. The summed E-state index contributed by atoms with van der Waals surface area (Å²) in [5.74, 6) is 0. The van der Waals surface area contributed by atoms with Crippen LogP contribution in [-0.2, 0) is 9.47 Å². The van der Waals surface area contributed by atoms with Crippen molar-refractivity contribution in [2.75, 3.05) is 7.11 Å². The third-order valence-electron chi connectivity index (χ3n) is 2.77. The molecule has 0 aromatic heterocycles. The Kier molecular flexibility index (Phi) is 5.22. The Morgan fingerprint density at radius 3 is 2.56 bits per heavy atom. The summed E-state index contributed by atoms with van der Waals surface area (Å²) in [6.07, 6.45) is 4.74. The lowest BCUT2D eigenvalue weighted by atomic mass is 10.00. The average molecular weight is 242 g/mol. The molecule has 3 heteroatoms. The summed E-state index contributed by atoms with van der Waals surface area (Å²) in [6, 6.07) is 0. The van der Waals surface area contributed by atoms with Gasteiger partial charge in [-0.3, -0.25) is 0 Å². The average Bonchev–Trinajstić information content (AvgIpc) is 2.15. The van der Waals surface area contributed by atoms with Crippen molar-refractivity contribution in [3.05, 3.63) is 11.3 Å². The van der Waals surface area contributed by atoms with Gasteiger partial charge in [0.1, 0.15) is 0 Å². The highest BCUT2D eigenvalue weighted by molar-refractivity contribution is 6.81. The van der Waals surface area contributed by atoms with Crippen molar-refractivity contribution in [2.45, 2.75) is 64.6 Å². The molecule has 0 bridgehead atoms. The molecule has 1 fully saturated rings. The van der Waals surface area contributed by atoms with Gasteiger partial charge in [0.05, 0.1) is 14.2 Å². The van der Waals surface area contributed by atoms with E-state index >= 15 is 0 Å². The standard InChI is InChI=1S/C13H26O2Si/c1-6-7-12-8-11(10-16(3,4)5)9-13(14-2)15-12/h10,12-13H,6-9H2,1-5H3/b11-10-/t12-,13-/m1/s1. The van der Waals surface area contributed by atoms with Gasteiger partial charge in [-0.2, -0.15) is 0 Å². The number of methoxy groups -OCH3 is 1. The van der Waals surface area contributed by atoms with Crippen LogP contribution in [0.5, 0.6) is 0 Å². The Morgan fingerprint density at radius 2 is 2.06 bits per heavy atom. The molecule has 0 aromatic carbocycles. The Hall–Kier alpha value is -0.123. The van der Waals surface area contributed by atoms with Crippen LogP contribution in [0.1, 0.15) is 32.6 Å². The second kappa shape index (κ2) is 5.99. The second-order valence-corrected chi connectivity index (χ2v) is 10.8. The Morgan fingerprint density at radius 1 is 1.38 bits per heavy atom. The normalized spacial score (nSPS) is 29.7. The van der Waals surface area contributed by atoms with Gasteiger partial charge in [0.2, 0.25) is 0 Å². The van der Waals surface area contributed by atoms with Crippen molar-refractivity contribution >= 4 is 8.07 Å². The molecule has 1 aliphatic heterocycles. The van der Waals surface area contributed by atoms with Crippen LogP contribution >= 0.6 is 0 Å². The first-order chi connectivity index (χ1) is 7.44. The fraction of sp³-hybridized carbons (Fsp3) is 0.846.